The van der Waals surface area contributed by atoms with Gasteiger partial charge in [-0.15, -0.1) is 0 Å². The van der Waals surface area contributed by atoms with Crippen molar-refractivity contribution < 1.29 is 4.74 Å². The van der Waals surface area contributed by atoms with Crippen LogP contribution < -0.4 is 5.32 Å². The summed E-state index contributed by atoms with van der Waals surface area (Å²) in [5.41, 5.74) is 2.26. The first-order valence-electron chi connectivity index (χ1n) is 7.70. The van der Waals surface area contributed by atoms with Gasteiger partial charge in [-0.25, -0.2) is 4.98 Å². The number of morpholine rings is 1. The Labute approximate surface area is 125 Å². The third-order valence-electron chi connectivity index (χ3n) is 4.19. The van der Waals surface area contributed by atoms with E-state index >= 15 is 0 Å². The molecule has 0 amide bonds. The van der Waals surface area contributed by atoms with Gasteiger partial charge in [-0.3, -0.25) is 4.90 Å². The summed E-state index contributed by atoms with van der Waals surface area (Å²) in [5.74, 6) is 1.10. The molecule has 0 radical (unpaired) electrons. The fourth-order valence-electron chi connectivity index (χ4n) is 2.91. The first-order chi connectivity index (χ1) is 10.3. The molecule has 1 aromatic carbocycles. The number of ether oxygens (including phenoxy) is 1. The molecule has 3 rings (SSSR count). The molecule has 1 aliphatic heterocycles. The van der Waals surface area contributed by atoms with Crippen LogP contribution in [0.3, 0.4) is 0 Å². The lowest BCUT2D eigenvalue weighted by Crippen LogP contribution is -2.40. The highest BCUT2D eigenvalue weighted by Crippen LogP contribution is 2.18. The molecular weight excluding hydrogens is 264 g/mol. The maximum atomic E-state index is 5.37. The molecule has 2 heterocycles. The molecule has 0 spiro atoms. The van der Waals surface area contributed by atoms with Gasteiger partial charge in [0, 0.05) is 33.2 Å². The van der Waals surface area contributed by atoms with E-state index in [-0.39, 0.29) is 6.04 Å². The second-order valence-corrected chi connectivity index (χ2v) is 5.65. The summed E-state index contributed by atoms with van der Waals surface area (Å²) in [6.07, 6.45) is 0. The Kier molecular flexibility index (Phi) is 4.53. The molecule has 0 saturated carbocycles. The summed E-state index contributed by atoms with van der Waals surface area (Å²) in [6, 6.07) is 8.54. The van der Waals surface area contributed by atoms with Crippen LogP contribution in [0, 0.1) is 0 Å². The number of fused-ring (bicyclic) bond motifs is 1. The Balaban J connectivity index is 1.58. The van der Waals surface area contributed by atoms with Gasteiger partial charge >= 0.3 is 0 Å². The van der Waals surface area contributed by atoms with Crippen LogP contribution in [0.25, 0.3) is 11.0 Å². The SMILES string of the molecule is CC(NCCN1CCOCC1)c1nc2ccccc2n1C. The van der Waals surface area contributed by atoms with Gasteiger partial charge in [0.2, 0.25) is 0 Å². The maximum absolute atomic E-state index is 5.37. The van der Waals surface area contributed by atoms with Crippen LogP contribution in [0.1, 0.15) is 18.8 Å². The Bertz CT molecular complexity index is 589. The Hall–Kier alpha value is -1.43. The van der Waals surface area contributed by atoms with Crippen molar-refractivity contribution in [2.75, 3.05) is 39.4 Å². The van der Waals surface area contributed by atoms with Gasteiger partial charge in [0.05, 0.1) is 30.3 Å². The molecule has 5 nitrogen and oxygen atoms in total. The average molecular weight is 288 g/mol. The molecule has 2 aromatic rings. The quantitative estimate of drug-likeness (QED) is 0.906. The van der Waals surface area contributed by atoms with Gasteiger partial charge in [-0.1, -0.05) is 12.1 Å². The number of hydrogen-bond donors (Lipinski definition) is 1. The van der Waals surface area contributed by atoms with Crippen LogP contribution in [0.4, 0.5) is 0 Å². The van der Waals surface area contributed by atoms with E-state index in [0.29, 0.717) is 0 Å². The van der Waals surface area contributed by atoms with Crippen molar-refractivity contribution in [3.05, 3.63) is 30.1 Å². The lowest BCUT2D eigenvalue weighted by atomic mass is 10.3. The average Bonchev–Trinajstić information content (AvgIpc) is 2.86. The first-order valence-corrected chi connectivity index (χ1v) is 7.70. The highest BCUT2D eigenvalue weighted by molar-refractivity contribution is 5.75. The number of para-hydroxylation sites is 2. The number of nitrogens with zero attached hydrogens (tertiary/aromatic N) is 3. The van der Waals surface area contributed by atoms with Gasteiger partial charge in [0.1, 0.15) is 5.82 Å². The third kappa shape index (κ3) is 3.26. The van der Waals surface area contributed by atoms with Crippen molar-refractivity contribution in [1.29, 1.82) is 0 Å². The zero-order valence-electron chi connectivity index (χ0n) is 12.9. The Morgan fingerprint density at radius 1 is 1.29 bits per heavy atom. The second-order valence-electron chi connectivity index (χ2n) is 5.65. The van der Waals surface area contributed by atoms with Crippen LogP contribution in [-0.2, 0) is 11.8 Å². The van der Waals surface area contributed by atoms with Crippen LogP contribution in [0.5, 0.6) is 0 Å². The van der Waals surface area contributed by atoms with Gasteiger partial charge in [-0.05, 0) is 19.1 Å². The minimum atomic E-state index is 0.253. The first kappa shape index (κ1) is 14.5. The van der Waals surface area contributed by atoms with E-state index in [4.69, 9.17) is 9.72 Å². The minimum Gasteiger partial charge on any atom is -0.379 e. The monoisotopic (exact) mass is 288 g/mol. The molecular formula is C16H24N4O. The highest BCUT2D eigenvalue weighted by atomic mass is 16.5. The molecule has 1 fully saturated rings. The molecule has 1 saturated heterocycles. The standard InChI is InChI=1S/C16H24N4O/c1-13(17-7-8-20-9-11-21-12-10-20)16-18-14-5-3-4-6-15(14)19(16)2/h3-6,13,17H,7-12H2,1-2H3. The topological polar surface area (TPSA) is 42.3 Å². The molecule has 0 aliphatic carbocycles. The summed E-state index contributed by atoms with van der Waals surface area (Å²) < 4.78 is 7.55. The fraction of sp³-hybridized carbons (Fsp3) is 0.562. The lowest BCUT2D eigenvalue weighted by Gasteiger charge is -2.27. The second kappa shape index (κ2) is 6.56. The van der Waals surface area contributed by atoms with Gasteiger partial charge in [0.15, 0.2) is 0 Å². The van der Waals surface area contributed by atoms with Crippen LogP contribution in [-0.4, -0.2) is 53.8 Å². The van der Waals surface area contributed by atoms with Crippen molar-refractivity contribution >= 4 is 11.0 Å². The molecule has 0 bridgehead atoms. The van der Waals surface area contributed by atoms with Gasteiger partial charge in [-0.2, -0.15) is 0 Å². The van der Waals surface area contributed by atoms with E-state index in [1.165, 1.54) is 5.52 Å². The summed E-state index contributed by atoms with van der Waals surface area (Å²) in [5, 5.41) is 3.58. The number of hydrogen-bond acceptors (Lipinski definition) is 4. The van der Waals surface area contributed by atoms with Gasteiger partial charge in [0.25, 0.3) is 0 Å². The maximum Gasteiger partial charge on any atom is 0.126 e. The predicted octanol–water partition coefficient (Wildman–Crippen LogP) is 1.56. The van der Waals surface area contributed by atoms with E-state index in [0.717, 1.165) is 50.7 Å². The van der Waals surface area contributed by atoms with Crippen LogP contribution >= 0.6 is 0 Å². The molecule has 21 heavy (non-hydrogen) atoms. The number of aromatic nitrogens is 2. The molecule has 1 atom stereocenters. The summed E-state index contributed by atoms with van der Waals surface area (Å²) in [7, 11) is 2.09. The van der Waals surface area contributed by atoms with Crippen molar-refractivity contribution in [3.63, 3.8) is 0 Å². The van der Waals surface area contributed by atoms with Crippen molar-refractivity contribution in [3.8, 4) is 0 Å². The van der Waals surface area contributed by atoms with Crippen LogP contribution in [0.2, 0.25) is 0 Å². The molecule has 1 aromatic heterocycles. The normalized spacial score (nSPS) is 18.2. The zero-order valence-corrected chi connectivity index (χ0v) is 12.9. The largest absolute Gasteiger partial charge is 0.379 e. The summed E-state index contributed by atoms with van der Waals surface area (Å²) >= 11 is 0. The minimum absolute atomic E-state index is 0.253. The van der Waals surface area contributed by atoms with E-state index in [1.54, 1.807) is 0 Å². The lowest BCUT2D eigenvalue weighted by molar-refractivity contribution is 0.0381. The Morgan fingerprint density at radius 3 is 2.81 bits per heavy atom. The number of nitrogens with one attached hydrogen (secondary N) is 1. The number of aryl methyl sites for hydroxylation is 1. The molecule has 1 unspecified atom stereocenters. The number of imidazole rings is 1. The van der Waals surface area contributed by atoms with E-state index < -0.39 is 0 Å². The zero-order chi connectivity index (χ0) is 14.7. The molecule has 1 aliphatic rings. The number of benzene rings is 1. The fourth-order valence-corrected chi connectivity index (χ4v) is 2.91. The van der Waals surface area contributed by atoms with E-state index in [9.17, 15) is 0 Å². The highest BCUT2D eigenvalue weighted by Gasteiger charge is 2.15. The van der Waals surface area contributed by atoms with Crippen molar-refractivity contribution in [2.45, 2.75) is 13.0 Å². The number of rotatable bonds is 5. The third-order valence-corrected chi connectivity index (χ3v) is 4.19. The van der Waals surface area contributed by atoms with Crippen molar-refractivity contribution in [1.82, 2.24) is 19.8 Å². The van der Waals surface area contributed by atoms with Crippen LogP contribution in [0.15, 0.2) is 24.3 Å². The van der Waals surface area contributed by atoms with Crippen molar-refractivity contribution in [2.24, 2.45) is 7.05 Å². The Morgan fingerprint density at radius 2 is 2.05 bits per heavy atom. The summed E-state index contributed by atoms with van der Waals surface area (Å²) in [4.78, 5) is 7.19. The van der Waals surface area contributed by atoms with E-state index in [1.807, 2.05) is 6.07 Å². The molecule has 5 heteroatoms. The predicted molar refractivity (Wildman–Crippen MR) is 84.4 cm³/mol. The summed E-state index contributed by atoms with van der Waals surface area (Å²) in [6.45, 7) is 8.04. The van der Waals surface area contributed by atoms with Gasteiger partial charge < -0.3 is 14.6 Å². The smallest absolute Gasteiger partial charge is 0.126 e. The molecule has 1 N–H and O–H groups in total. The van der Waals surface area contributed by atoms with E-state index in [2.05, 4.69) is 47.0 Å². The molecule has 114 valence electrons.